The van der Waals surface area contributed by atoms with Crippen molar-refractivity contribution >= 4 is 0 Å². The average Bonchev–Trinajstić information content (AvgIpc) is 3.16. The van der Waals surface area contributed by atoms with Gasteiger partial charge in [0.25, 0.3) is 0 Å². The minimum absolute atomic E-state index is 0.0799. The van der Waals surface area contributed by atoms with E-state index in [-0.39, 0.29) is 5.82 Å². The molecule has 1 aromatic rings. The van der Waals surface area contributed by atoms with E-state index in [1.165, 1.54) is 25.8 Å². The maximum atomic E-state index is 13.5. The third-order valence-electron chi connectivity index (χ3n) is 4.42. The lowest BCUT2D eigenvalue weighted by Crippen LogP contribution is -2.35. The van der Waals surface area contributed by atoms with Gasteiger partial charge in [0.1, 0.15) is 5.82 Å². The van der Waals surface area contributed by atoms with Crippen LogP contribution in [0.4, 0.5) is 4.39 Å². The molecular formula is C16H23FN2. The van der Waals surface area contributed by atoms with Gasteiger partial charge in [0.15, 0.2) is 0 Å². The predicted octanol–water partition coefficient (Wildman–Crippen LogP) is 2.58. The van der Waals surface area contributed by atoms with Crippen molar-refractivity contribution in [2.75, 3.05) is 13.1 Å². The highest BCUT2D eigenvalue weighted by molar-refractivity contribution is 5.17. The van der Waals surface area contributed by atoms with Gasteiger partial charge in [-0.3, -0.25) is 4.90 Å². The number of hydrogen-bond acceptors (Lipinski definition) is 2. The molecule has 0 amide bonds. The first kappa shape index (κ1) is 13.1. The van der Waals surface area contributed by atoms with Crippen LogP contribution < -0.4 is 5.32 Å². The van der Waals surface area contributed by atoms with Crippen molar-refractivity contribution < 1.29 is 4.39 Å². The summed E-state index contributed by atoms with van der Waals surface area (Å²) in [6, 6.07) is 9.23. The molecule has 3 rings (SSSR count). The second-order valence-corrected chi connectivity index (χ2v) is 6.01. The number of likely N-dealkylation sites (tertiary alicyclic amines) is 1. The molecule has 1 N–H and O–H groups in total. The monoisotopic (exact) mass is 262 g/mol. The third kappa shape index (κ3) is 3.15. The maximum absolute atomic E-state index is 13.5. The van der Waals surface area contributed by atoms with Crippen LogP contribution in [0, 0.1) is 5.82 Å². The summed E-state index contributed by atoms with van der Waals surface area (Å²) in [5.41, 5.74) is 0.820. The van der Waals surface area contributed by atoms with Gasteiger partial charge in [0.2, 0.25) is 0 Å². The van der Waals surface area contributed by atoms with Crippen molar-refractivity contribution in [2.45, 2.75) is 50.7 Å². The second-order valence-electron chi connectivity index (χ2n) is 6.01. The highest BCUT2D eigenvalue weighted by Crippen LogP contribution is 2.33. The molecule has 2 fully saturated rings. The van der Waals surface area contributed by atoms with E-state index in [2.05, 4.69) is 17.1 Å². The van der Waals surface area contributed by atoms with Gasteiger partial charge >= 0.3 is 0 Å². The van der Waals surface area contributed by atoms with Crippen LogP contribution in [0.3, 0.4) is 0 Å². The molecule has 1 saturated carbocycles. The van der Waals surface area contributed by atoms with Crippen LogP contribution in [0.2, 0.25) is 0 Å². The molecular weight excluding hydrogens is 239 g/mol. The van der Waals surface area contributed by atoms with E-state index in [0.717, 1.165) is 24.6 Å². The van der Waals surface area contributed by atoms with Crippen LogP contribution >= 0.6 is 0 Å². The molecule has 0 spiro atoms. The number of nitrogens with one attached hydrogen (secondary N) is 1. The molecule has 2 unspecified atom stereocenters. The van der Waals surface area contributed by atoms with Gasteiger partial charge < -0.3 is 5.32 Å². The molecule has 1 heterocycles. The van der Waals surface area contributed by atoms with Crippen LogP contribution in [0.15, 0.2) is 24.3 Å². The molecule has 0 aromatic heterocycles. The van der Waals surface area contributed by atoms with E-state index in [9.17, 15) is 4.39 Å². The third-order valence-corrected chi connectivity index (χ3v) is 4.42. The molecule has 2 atom stereocenters. The Kier molecular flexibility index (Phi) is 3.85. The summed E-state index contributed by atoms with van der Waals surface area (Å²) >= 11 is 0. The van der Waals surface area contributed by atoms with E-state index in [4.69, 9.17) is 0 Å². The predicted molar refractivity (Wildman–Crippen MR) is 75.7 cm³/mol. The van der Waals surface area contributed by atoms with Crippen LogP contribution in [-0.2, 0) is 6.42 Å². The molecule has 2 aliphatic rings. The van der Waals surface area contributed by atoms with Gasteiger partial charge in [-0.1, -0.05) is 18.2 Å². The number of nitrogens with zero attached hydrogens (tertiary/aromatic N) is 1. The Labute approximate surface area is 115 Å². The first-order chi connectivity index (χ1) is 9.24. The molecule has 2 nitrogen and oxygen atoms in total. The molecule has 104 valence electrons. The summed E-state index contributed by atoms with van der Waals surface area (Å²) in [5.74, 6) is -0.0799. The summed E-state index contributed by atoms with van der Waals surface area (Å²) in [7, 11) is 0. The van der Waals surface area contributed by atoms with Crippen LogP contribution in [0.1, 0.15) is 31.7 Å². The summed E-state index contributed by atoms with van der Waals surface area (Å²) < 4.78 is 13.5. The minimum Gasteiger partial charge on any atom is -0.312 e. The first-order valence-electron chi connectivity index (χ1n) is 7.46. The van der Waals surface area contributed by atoms with Gasteiger partial charge in [-0.15, -0.1) is 0 Å². The summed E-state index contributed by atoms with van der Waals surface area (Å²) in [4.78, 5) is 2.64. The molecule has 1 aliphatic heterocycles. The van der Waals surface area contributed by atoms with Crippen molar-refractivity contribution in [1.82, 2.24) is 10.2 Å². The fraction of sp³-hybridized carbons (Fsp3) is 0.625. The van der Waals surface area contributed by atoms with Gasteiger partial charge in [-0.05, 0) is 50.8 Å². The number of rotatable bonds is 5. The largest absolute Gasteiger partial charge is 0.312 e. The standard InChI is InChI=1S/C16H23FN2/c1-12-10-14(11-19(12)15-6-7-15)18-9-8-13-4-2-3-5-16(13)17/h2-5,12,14-15,18H,6-11H2,1H3. The Morgan fingerprint density at radius 3 is 2.84 bits per heavy atom. The van der Waals surface area contributed by atoms with Crippen molar-refractivity contribution in [3.05, 3.63) is 35.6 Å². The lowest BCUT2D eigenvalue weighted by molar-refractivity contribution is 0.255. The zero-order valence-corrected chi connectivity index (χ0v) is 11.6. The normalized spacial score (nSPS) is 27.9. The van der Waals surface area contributed by atoms with Crippen LogP contribution in [0.5, 0.6) is 0 Å². The molecule has 1 aromatic carbocycles. The molecule has 1 saturated heterocycles. The molecule has 0 bridgehead atoms. The van der Waals surface area contributed by atoms with E-state index in [1.54, 1.807) is 12.1 Å². The molecule has 3 heteroatoms. The Morgan fingerprint density at radius 1 is 1.32 bits per heavy atom. The van der Waals surface area contributed by atoms with Crippen molar-refractivity contribution in [3.63, 3.8) is 0 Å². The maximum Gasteiger partial charge on any atom is 0.126 e. The Morgan fingerprint density at radius 2 is 2.11 bits per heavy atom. The van der Waals surface area contributed by atoms with E-state index in [0.29, 0.717) is 12.1 Å². The fourth-order valence-corrected chi connectivity index (χ4v) is 3.23. The van der Waals surface area contributed by atoms with E-state index >= 15 is 0 Å². The Hall–Kier alpha value is -0.930. The quantitative estimate of drug-likeness (QED) is 0.877. The van der Waals surface area contributed by atoms with Crippen LogP contribution in [0.25, 0.3) is 0 Å². The Bertz CT molecular complexity index is 431. The SMILES string of the molecule is CC1CC(NCCc2ccccc2F)CN1C1CC1. The lowest BCUT2D eigenvalue weighted by Gasteiger charge is -2.19. The average molecular weight is 262 g/mol. The summed E-state index contributed by atoms with van der Waals surface area (Å²) in [6.45, 7) is 4.37. The first-order valence-corrected chi connectivity index (χ1v) is 7.46. The molecule has 1 aliphatic carbocycles. The van der Waals surface area contributed by atoms with E-state index < -0.39 is 0 Å². The van der Waals surface area contributed by atoms with Gasteiger partial charge in [0, 0.05) is 24.7 Å². The zero-order valence-electron chi connectivity index (χ0n) is 11.6. The highest BCUT2D eigenvalue weighted by atomic mass is 19.1. The smallest absolute Gasteiger partial charge is 0.126 e. The molecule has 0 radical (unpaired) electrons. The van der Waals surface area contributed by atoms with Crippen molar-refractivity contribution in [3.8, 4) is 0 Å². The summed E-state index contributed by atoms with van der Waals surface area (Å²) in [6.07, 6.45) is 4.77. The van der Waals surface area contributed by atoms with Gasteiger partial charge in [-0.2, -0.15) is 0 Å². The topological polar surface area (TPSA) is 15.3 Å². The van der Waals surface area contributed by atoms with Gasteiger partial charge in [-0.25, -0.2) is 4.39 Å². The van der Waals surface area contributed by atoms with Gasteiger partial charge in [0.05, 0.1) is 0 Å². The van der Waals surface area contributed by atoms with Crippen LogP contribution in [-0.4, -0.2) is 36.1 Å². The zero-order chi connectivity index (χ0) is 13.2. The lowest BCUT2D eigenvalue weighted by atomic mass is 10.1. The summed E-state index contributed by atoms with van der Waals surface area (Å²) in [5, 5.41) is 3.59. The van der Waals surface area contributed by atoms with Crippen molar-refractivity contribution in [2.24, 2.45) is 0 Å². The Balaban J connectivity index is 1.44. The minimum atomic E-state index is -0.0799. The molecule has 19 heavy (non-hydrogen) atoms. The number of hydrogen-bond donors (Lipinski definition) is 1. The van der Waals surface area contributed by atoms with E-state index in [1.807, 2.05) is 12.1 Å². The highest BCUT2D eigenvalue weighted by Gasteiger charge is 2.38. The second kappa shape index (κ2) is 5.59. The van der Waals surface area contributed by atoms with Crippen molar-refractivity contribution in [1.29, 1.82) is 0 Å². The number of halogens is 1. The number of benzene rings is 1. The fourth-order valence-electron chi connectivity index (χ4n) is 3.23.